The second kappa shape index (κ2) is 5.67. The average Bonchev–Trinajstić information content (AvgIpc) is 2.76. The Balaban J connectivity index is 1.88. The van der Waals surface area contributed by atoms with Crippen molar-refractivity contribution in [3.05, 3.63) is 29.7 Å². The van der Waals surface area contributed by atoms with E-state index in [0.29, 0.717) is 18.6 Å². The van der Waals surface area contributed by atoms with Crippen molar-refractivity contribution in [3.63, 3.8) is 0 Å². The van der Waals surface area contributed by atoms with Crippen LogP contribution in [0.1, 0.15) is 37.2 Å². The lowest BCUT2D eigenvalue weighted by Gasteiger charge is -2.19. The quantitative estimate of drug-likeness (QED) is 0.609. The lowest BCUT2D eigenvalue weighted by molar-refractivity contribution is -0.152. The summed E-state index contributed by atoms with van der Waals surface area (Å²) in [5, 5.41) is 0. The molecular formula is C14H16O4. The van der Waals surface area contributed by atoms with Crippen LogP contribution in [0.3, 0.4) is 0 Å². The maximum atomic E-state index is 11.5. The molecule has 1 heterocycles. The molecule has 0 radical (unpaired) electrons. The Hall–Kier alpha value is -1.84. The van der Waals surface area contributed by atoms with Gasteiger partial charge in [-0.15, -0.1) is 0 Å². The first kappa shape index (κ1) is 12.6. The first-order chi connectivity index (χ1) is 8.65. The first-order valence-electron chi connectivity index (χ1n) is 6.13. The van der Waals surface area contributed by atoms with E-state index in [4.69, 9.17) is 9.15 Å². The molecule has 0 N–H and O–H groups in total. The van der Waals surface area contributed by atoms with Gasteiger partial charge in [-0.05, 0) is 44.4 Å². The molecule has 0 amide bonds. The van der Waals surface area contributed by atoms with Crippen molar-refractivity contribution >= 4 is 17.8 Å². The number of ketones is 1. The van der Waals surface area contributed by atoms with Gasteiger partial charge in [0.25, 0.3) is 0 Å². The summed E-state index contributed by atoms with van der Waals surface area (Å²) >= 11 is 0. The first-order valence-corrected chi connectivity index (χ1v) is 6.13. The molecule has 96 valence electrons. The predicted octanol–water partition coefficient (Wildman–Crippen LogP) is 2.66. The summed E-state index contributed by atoms with van der Waals surface area (Å²) in [6.07, 6.45) is 5.26. The molecule has 0 bridgehead atoms. The highest BCUT2D eigenvalue weighted by atomic mass is 16.5. The zero-order valence-electron chi connectivity index (χ0n) is 10.3. The zero-order chi connectivity index (χ0) is 13.0. The Labute approximate surface area is 106 Å². The second-order valence-electron chi connectivity index (χ2n) is 4.42. The minimum Gasteiger partial charge on any atom is -0.462 e. The zero-order valence-corrected chi connectivity index (χ0v) is 10.3. The van der Waals surface area contributed by atoms with E-state index in [0.717, 1.165) is 18.6 Å². The molecule has 0 aliphatic heterocycles. The normalized spacial score (nSPS) is 20.3. The topological polar surface area (TPSA) is 56.5 Å². The summed E-state index contributed by atoms with van der Waals surface area (Å²) in [5.74, 6) is 0.908. The van der Waals surface area contributed by atoms with E-state index < -0.39 is 12.1 Å². The van der Waals surface area contributed by atoms with E-state index in [2.05, 4.69) is 0 Å². The summed E-state index contributed by atoms with van der Waals surface area (Å²) in [6, 6.07) is 3.58. The van der Waals surface area contributed by atoms with Crippen LogP contribution in [-0.2, 0) is 14.3 Å². The third-order valence-corrected chi connectivity index (χ3v) is 2.90. The third-order valence-electron chi connectivity index (χ3n) is 2.90. The number of esters is 1. The number of carbonyl (C=O) groups excluding carboxylic acids is 2. The highest BCUT2D eigenvalue weighted by Crippen LogP contribution is 2.17. The van der Waals surface area contributed by atoms with Gasteiger partial charge < -0.3 is 9.15 Å². The maximum Gasteiger partial charge on any atom is 0.331 e. The van der Waals surface area contributed by atoms with Gasteiger partial charge in [0.15, 0.2) is 11.9 Å². The van der Waals surface area contributed by atoms with E-state index in [9.17, 15) is 9.59 Å². The smallest absolute Gasteiger partial charge is 0.331 e. The molecule has 0 spiro atoms. The van der Waals surface area contributed by atoms with Gasteiger partial charge in [0.1, 0.15) is 11.5 Å². The molecule has 4 nitrogen and oxygen atoms in total. The van der Waals surface area contributed by atoms with Gasteiger partial charge in [-0.1, -0.05) is 0 Å². The van der Waals surface area contributed by atoms with Crippen molar-refractivity contribution in [3.8, 4) is 0 Å². The molecule has 1 atom stereocenters. The third kappa shape index (κ3) is 3.32. The van der Waals surface area contributed by atoms with E-state index >= 15 is 0 Å². The average molecular weight is 248 g/mol. The molecule has 1 aliphatic rings. The number of rotatable bonds is 3. The number of aryl methyl sites for hydroxylation is 1. The van der Waals surface area contributed by atoms with Crippen LogP contribution >= 0.6 is 0 Å². The standard InChI is InChI=1S/C14H16O4/c1-10-6-7-11(17-10)8-9-14(16)18-13-5-3-2-4-12(13)15/h6-9,13H,2-5H2,1H3/b9-8+/t13-/m0/s1. The number of carbonyl (C=O) groups is 2. The number of ether oxygens (including phenoxy) is 1. The fourth-order valence-corrected chi connectivity index (χ4v) is 1.95. The van der Waals surface area contributed by atoms with Crippen molar-refractivity contribution < 1.29 is 18.7 Å². The molecule has 1 aromatic rings. The summed E-state index contributed by atoms with van der Waals surface area (Å²) in [4.78, 5) is 23.0. The van der Waals surface area contributed by atoms with E-state index in [1.54, 1.807) is 12.1 Å². The largest absolute Gasteiger partial charge is 0.462 e. The van der Waals surface area contributed by atoms with Gasteiger partial charge in [-0.2, -0.15) is 0 Å². The van der Waals surface area contributed by atoms with Crippen molar-refractivity contribution in [2.75, 3.05) is 0 Å². The van der Waals surface area contributed by atoms with Gasteiger partial charge in [0, 0.05) is 12.5 Å². The molecule has 4 heteroatoms. The lowest BCUT2D eigenvalue weighted by Crippen LogP contribution is -2.29. The molecule has 0 saturated heterocycles. The minimum atomic E-state index is -0.561. The summed E-state index contributed by atoms with van der Waals surface area (Å²) < 4.78 is 10.4. The van der Waals surface area contributed by atoms with Crippen LogP contribution in [0.2, 0.25) is 0 Å². The number of hydrogen-bond donors (Lipinski definition) is 0. The Morgan fingerprint density at radius 3 is 2.94 bits per heavy atom. The SMILES string of the molecule is Cc1ccc(/C=C/C(=O)O[C@H]2CCCCC2=O)o1. The molecule has 1 saturated carbocycles. The summed E-state index contributed by atoms with van der Waals surface area (Å²) in [7, 11) is 0. The maximum absolute atomic E-state index is 11.5. The monoisotopic (exact) mass is 248 g/mol. The Morgan fingerprint density at radius 1 is 1.44 bits per heavy atom. The summed E-state index contributed by atoms with van der Waals surface area (Å²) in [5.41, 5.74) is 0. The molecular weight excluding hydrogens is 232 g/mol. The molecule has 1 aliphatic carbocycles. The van der Waals surface area contributed by atoms with Crippen LogP contribution in [0.5, 0.6) is 0 Å². The number of Topliss-reactive ketones (excluding diaryl/α,β-unsaturated/α-hetero) is 1. The number of furan rings is 1. The molecule has 1 aromatic heterocycles. The fraction of sp³-hybridized carbons (Fsp3) is 0.429. The van der Waals surface area contributed by atoms with Crippen LogP contribution in [0.15, 0.2) is 22.6 Å². The van der Waals surface area contributed by atoms with Crippen LogP contribution in [0.4, 0.5) is 0 Å². The Morgan fingerprint density at radius 2 is 2.28 bits per heavy atom. The second-order valence-corrected chi connectivity index (χ2v) is 4.42. The van der Waals surface area contributed by atoms with E-state index in [1.807, 2.05) is 13.0 Å². The Kier molecular flexibility index (Phi) is 3.97. The van der Waals surface area contributed by atoms with Gasteiger partial charge in [-0.3, -0.25) is 4.79 Å². The van der Waals surface area contributed by atoms with Gasteiger partial charge in [0.2, 0.25) is 0 Å². The molecule has 0 unspecified atom stereocenters. The van der Waals surface area contributed by atoms with Crippen LogP contribution in [0, 0.1) is 6.92 Å². The minimum absolute atomic E-state index is 0.0249. The van der Waals surface area contributed by atoms with Crippen molar-refractivity contribution in [2.24, 2.45) is 0 Å². The number of hydrogen-bond acceptors (Lipinski definition) is 4. The highest BCUT2D eigenvalue weighted by Gasteiger charge is 2.24. The van der Waals surface area contributed by atoms with Crippen LogP contribution in [-0.4, -0.2) is 17.9 Å². The van der Waals surface area contributed by atoms with Crippen molar-refractivity contribution in [1.29, 1.82) is 0 Å². The van der Waals surface area contributed by atoms with Crippen molar-refractivity contribution in [1.82, 2.24) is 0 Å². The van der Waals surface area contributed by atoms with Gasteiger partial charge in [-0.25, -0.2) is 4.79 Å². The Bertz CT molecular complexity index is 470. The van der Waals surface area contributed by atoms with E-state index in [1.165, 1.54) is 6.08 Å². The van der Waals surface area contributed by atoms with Gasteiger partial charge >= 0.3 is 5.97 Å². The van der Waals surface area contributed by atoms with Crippen LogP contribution in [0.25, 0.3) is 6.08 Å². The van der Waals surface area contributed by atoms with Gasteiger partial charge in [0.05, 0.1) is 0 Å². The van der Waals surface area contributed by atoms with Crippen molar-refractivity contribution in [2.45, 2.75) is 38.7 Å². The fourth-order valence-electron chi connectivity index (χ4n) is 1.95. The van der Waals surface area contributed by atoms with Crippen LogP contribution < -0.4 is 0 Å². The van der Waals surface area contributed by atoms with E-state index in [-0.39, 0.29) is 5.78 Å². The summed E-state index contributed by atoms with van der Waals surface area (Å²) in [6.45, 7) is 1.83. The molecule has 0 aromatic carbocycles. The highest BCUT2D eigenvalue weighted by molar-refractivity contribution is 5.91. The lowest BCUT2D eigenvalue weighted by atomic mass is 9.96. The molecule has 2 rings (SSSR count). The molecule has 1 fully saturated rings. The predicted molar refractivity (Wildman–Crippen MR) is 65.8 cm³/mol. The molecule has 18 heavy (non-hydrogen) atoms.